The highest BCUT2D eigenvalue weighted by molar-refractivity contribution is 5.83. The van der Waals surface area contributed by atoms with E-state index < -0.39 is 12.0 Å². The lowest BCUT2D eigenvalue weighted by molar-refractivity contribution is -0.139. The highest BCUT2D eigenvalue weighted by Gasteiger charge is 2.43. The van der Waals surface area contributed by atoms with Crippen LogP contribution in [0.15, 0.2) is 0 Å². The summed E-state index contributed by atoms with van der Waals surface area (Å²) in [4.78, 5) is 24.7. The van der Waals surface area contributed by atoms with Gasteiger partial charge in [0.1, 0.15) is 6.04 Å². The van der Waals surface area contributed by atoms with Gasteiger partial charge in [-0.3, -0.25) is 0 Å². The predicted octanol–water partition coefficient (Wildman–Crippen LogP) is 0.547. The molecule has 2 bridgehead atoms. The standard InChI is InChI=1S/C12H20N2O4/c1-2-10(11(16)17)13-12(18)14-7-3-4-8(14)6-9(15)5-7/h7-10,15H,2-6H2,1H3,(H,13,18)(H,16,17). The first kappa shape index (κ1) is 13.1. The van der Waals surface area contributed by atoms with E-state index in [4.69, 9.17) is 5.11 Å². The van der Waals surface area contributed by atoms with E-state index in [2.05, 4.69) is 5.32 Å². The summed E-state index contributed by atoms with van der Waals surface area (Å²) in [5, 5.41) is 21.1. The summed E-state index contributed by atoms with van der Waals surface area (Å²) in [6, 6.07) is -1.01. The van der Waals surface area contributed by atoms with Gasteiger partial charge in [0.25, 0.3) is 0 Å². The molecule has 2 aliphatic rings. The van der Waals surface area contributed by atoms with E-state index in [9.17, 15) is 14.7 Å². The van der Waals surface area contributed by atoms with Crippen LogP contribution in [-0.4, -0.2) is 51.3 Å². The molecule has 2 rings (SSSR count). The number of hydrogen-bond donors (Lipinski definition) is 3. The maximum absolute atomic E-state index is 12.1. The number of carboxylic acid groups (broad SMARTS) is 1. The van der Waals surface area contributed by atoms with Crippen LogP contribution in [0.5, 0.6) is 0 Å². The third kappa shape index (κ3) is 2.43. The first-order chi connectivity index (χ1) is 8.52. The fraction of sp³-hybridized carbons (Fsp3) is 0.833. The number of carbonyl (C=O) groups is 2. The zero-order chi connectivity index (χ0) is 13.3. The number of amides is 2. The molecule has 0 aromatic heterocycles. The number of carbonyl (C=O) groups excluding carboxylic acids is 1. The average Bonchev–Trinajstić information content (AvgIpc) is 2.58. The van der Waals surface area contributed by atoms with Crippen LogP contribution in [-0.2, 0) is 4.79 Å². The normalized spacial score (nSPS) is 32.1. The quantitative estimate of drug-likeness (QED) is 0.687. The number of aliphatic hydroxyl groups is 1. The number of aliphatic hydroxyl groups excluding tert-OH is 1. The second kappa shape index (κ2) is 5.14. The fourth-order valence-electron chi connectivity index (χ4n) is 3.04. The van der Waals surface area contributed by atoms with E-state index >= 15 is 0 Å². The van der Waals surface area contributed by atoms with Crippen LogP contribution in [0.2, 0.25) is 0 Å². The lowest BCUT2D eigenvalue weighted by Gasteiger charge is -2.37. The van der Waals surface area contributed by atoms with Gasteiger partial charge >= 0.3 is 12.0 Å². The molecule has 18 heavy (non-hydrogen) atoms. The molecule has 2 saturated heterocycles. The SMILES string of the molecule is CCC(NC(=O)N1C2CCC1CC(O)C2)C(=O)O. The average molecular weight is 256 g/mol. The Bertz CT molecular complexity index is 333. The van der Waals surface area contributed by atoms with Crippen LogP contribution >= 0.6 is 0 Å². The minimum Gasteiger partial charge on any atom is -0.480 e. The van der Waals surface area contributed by atoms with Crippen LogP contribution in [0.1, 0.15) is 39.0 Å². The van der Waals surface area contributed by atoms with E-state index in [-0.39, 0.29) is 24.2 Å². The van der Waals surface area contributed by atoms with Gasteiger partial charge in [-0.15, -0.1) is 0 Å². The molecule has 0 saturated carbocycles. The van der Waals surface area contributed by atoms with Crippen LogP contribution in [0, 0.1) is 0 Å². The lowest BCUT2D eigenvalue weighted by Crippen LogP contribution is -2.55. The highest BCUT2D eigenvalue weighted by atomic mass is 16.4. The summed E-state index contributed by atoms with van der Waals surface area (Å²) < 4.78 is 0. The topological polar surface area (TPSA) is 89.9 Å². The van der Waals surface area contributed by atoms with Gasteiger partial charge in [0, 0.05) is 12.1 Å². The Morgan fingerprint density at radius 1 is 1.33 bits per heavy atom. The Hall–Kier alpha value is -1.30. The van der Waals surface area contributed by atoms with Gasteiger partial charge in [-0.2, -0.15) is 0 Å². The van der Waals surface area contributed by atoms with Crippen molar-refractivity contribution >= 4 is 12.0 Å². The second-order valence-corrected chi connectivity index (χ2v) is 5.17. The van der Waals surface area contributed by atoms with Crippen molar-refractivity contribution in [1.82, 2.24) is 10.2 Å². The number of urea groups is 1. The predicted molar refractivity (Wildman–Crippen MR) is 64.1 cm³/mol. The third-order valence-electron chi connectivity index (χ3n) is 3.95. The minimum absolute atomic E-state index is 0.0602. The summed E-state index contributed by atoms with van der Waals surface area (Å²) >= 11 is 0. The Morgan fingerprint density at radius 2 is 1.89 bits per heavy atom. The van der Waals surface area contributed by atoms with Crippen molar-refractivity contribution in [2.75, 3.05) is 0 Å². The van der Waals surface area contributed by atoms with E-state index in [1.165, 1.54) is 0 Å². The van der Waals surface area contributed by atoms with Crippen LogP contribution in [0.3, 0.4) is 0 Å². The number of nitrogens with one attached hydrogen (secondary N) is 1. The van der Waals surface area contributed by atoms with Gasteiger partial charge in [-0.1, -0.05) is 6.92 Å². The first-order valence-electron chi connectivity index (χ1n) is 6.52. The molecule has 0 aliphatic carbocycles. The van der Waals surface area contributed by atoms with Crippen molar-refractivity contribution in [3.63, 3.8) is 0 Å². The van der Waals surface area contributed by atoms with Crippen LogP contribution in [0.4, 0.5) is 4.79 Å². The fourth-order valence-corrected chi connectivity index (χ4v) is 3.04. The Morgan fingerprint density at radius 3 is 2.33 bits per heavy atom. The molecule has 102 valence electrons. The van der Waals surface area contributed by atoms with Crippen molar-refractivity contribution in [3.8, 4) is 0 Å². The van der Waals surface area contributed by atoms with Gasteiger partial charge in [-0.25, -0.2) is 9.59 Å². The second-order valence-electron chi connectivity index (χ2n) is 5.17. The first-order valence-corrected chi connectivity index (χ1v) is 6.52. The van der Waals surface area contributed by atoms with E-state index in [0.29, 0.717) is 19.3 Å². The van der Waals surface area contributed by atoms with Crippen LogP contribution in [0.25, 0.3) is 0 Å². The number of carboxylic acids is 1. The maximum Gasteiger partial charge on any atom is 0.326 e. The van der Waals surface area contributed by atoms with E-state index in [0.717, 1.165) is 12.8 Å². The van der Waals surface area contributed by atoms with Gasteiger partial charge in [0.2, 0.25) is 0 Å². The van der Waals surface area contributed by atoms with Crippen molar-refractivity contribution in [1.29, 1.82) is 0 Å². The largest absolute Gasteiger partial charge is 0.480 e. The van der Waals surface area contributed by atoms with Gasteiger partial charge in [0.15, 0.2) is 0 Å². The molecule has 6 nitrogen and oxygen atoms in total. The zero-order valence-corrected chi connectivity index (χ0v) is 10.5. The molecule has 3 N–H and O–H groups in total. The summed E-state index contributed by atoms with van der Waals surface area (Å²) in [6.07, 6.45) is 3.06. The molecule has 3 unspecified atom stereocenters. The molecule has 2 amide bonds. The summed E-state index contributed by atoms with van der Waals surface area (Å²) in [6.45, 7) is 1.73. The van der Waals surface area contributed by atoms with Gasteiger partial charge in [-0.05, 0) is 32.1 Å². The molecule has 3 atom stereocenters. The number of rotatable bonds is 3. The van der Waals surface area contributed by atoms with Crippen molar-refractivity contribution in [2.45, 2.75) is 63.3 Å². The molecule has 0 radical (unpaired) electrons. The highest BCUT2D eigenvalue weighted by Crippen LogP contribution is 2.35. The zero-order valence-electron chi connectivity index (χ0n) is 10.5. The Kier molecular flexibility index (Phi) is 3.75. The lowest BCUT2D eigenvalue weighted by atomic mass is 10.0. The van der Waals surface area contributed by atoms with Crippen molar-refractivity contribution < 1.29 is 19.8 Å². The molecular weight excluding hydrogens is 236 g/mol. The monoisotopic (exact) mass is 256 g/mol. The van der Waals surface area contributed by atoms with Gasteiger partial charge < -0.3 is 20.4 Å². The van der Waals surface area contributed by atoms with E-state index in [1.807, 2.05) is 0 Å². The number of aliphatic carboxylic acids is 1. The number of nitrogens with zero attached hydrogens (tertiary/aromatic N) is 1. The Labute approximate surface area is 106 Å². The van der Waals surface area contributed by atoms with Crippen LogP contribution < -0.4 is 5.32 Å². The van der Waals surface area contributed by atoms with Crippen molar-refractivity contribution in [2.24, 2.45) is 0 Å². The summed E-state index contributed by atoms with van der Waals surface area (Å²) in [5.41, 5.74) is 0. The molecular formula is C12H20N2O4. The molecule has 0 aromatic rings. The molecule has 2 aliphatic heterocycles. The Balaban J connectivity index is 2.00. The molecule has 2 fully saturated rings. The number of hydrogen-bond acceptors (Lipinski definition) is 3. The summed E-state index contributed by atoms with van der Waals surface area (Å²) in [5.74, 6) is -1.00. The van der Waals surface area contributed by atoms with Crippen molar-refractivity contribution in [3.05, 3.63) is 0 Å². The maximum atomic E-state index is 12.1. The molecule has 0 aromatic carbocycles. The molecule has 6 heteroatoms. The number of piperidine rings is 1. The minimum atomic E-state index is -1.00. The third-order valence-corrected chi connectivity index (χ3v) is 3.95. The van der Waals surface area contributed by atoms with E-state index in [1.54, 1.807) is 11.8 Å². The number of fused-ring (bicyclic) bond motifs is 2. The van der Waals surface area contributed by atoms with Gasteiger partial charge in [0.05, 0.1) is 6.10 Å². The smallest absolute Gasteiger partial charge is 0.326 e. The molecule has 0 spiro atoms. The summed E-state index contributed by atoms with van der Waals surface area (Å²) in [7, 11) is 0. The molecule has 2 heterocycles.